The van der Waals surface area contributed by atoms with Crippen molar-refractivity contribution in [3.63, 3.8) is 0 Å². The van der Waals surface area contributed by atoms with Crippen LogP contribution in [0.1, 0.15) is 16.2 Å². The number of H-pyrrole nitrogens is 1. The number of imidazole rings is 1. The molecule has 1 N–H and O–H groups in total. The van der Waals surface area contributed by atoms with Gasteiger partial charge in [-0.3, -0.25) is 0 Å². The van der Waals surface area contributed by atoms with Crippen LogP contribution in [0.25, 0.3) is 0 Å². The van der Waals surface area contributed by atoms with E-state index in [0.29, 0.717) is 4.83 Å². The minimum Gasteiger partial charge on any atom is -0.349 e. The first-order valence-electron chi connectivity index (χ1n) is 4.63. The molecule has 1 aromatic heterocycles. The fourth-order valence-electron chi connectivity index (χ4n) is 1.37. The first-order chi connectivity index (χ1) is 7.25. The van der Waals surface area contributed by atoms with Crippen molar-refractivity contribution in [2.45, 2.75) is 11.2 Å². The quantitative estimate of drug-likeness (QED) is 0.851. The molecule has 0 fully saturated rings. The van der Waals surface area contributed by atoms with Gasteiger partial charge in [-0.05, 0) is 17.7 Å². The smallest absolute Gasteiger partial charge is 0.107 e. The summed E-state index contributed by atoms with van der Waals surface area (Å²) < 4.78 is 1.10. The Hall–Kier alpha value is -0.610. The summed E-state index contributed by atoms with van der Waals surface area (Å²) in [6.07, 6.45) is 4.49. The summed E-state index contributed by atoms with van der Waals surface area (Å²) in [4.78, 5) is 7.61. The van der Waals surface area contributed by atoms with Crippen molar-refractivity contribution in [2.75, 3.05) is 0 Å². The van der Waals surface area contributed by atoms with Crippen molar-refractivity contribution < 1.29 is 0 Å². The molecule has 0 bridgehead atoms. The summed E-state index contributed by atoms with van der Waals surface area (Å²) in [5, 5.41) is 0. The molecule has 0 aliphatic carbocycles. The molecule has 78 valence electrons. The molecule has 2 aromatic rings. The van der Waals surface area contributed by atoms with Crippen LogP contribution in [0.15, 0.2) is 41.1 Å². The molecule has 0 saturated carbocycles. The molecule has 1 aromatic carbocycles. The predicted octanol–water partition coefficient (Wildman–Crippen LogP) is 3.85. The number of aromatic amines is 1. The van der Waals surface area contributed by atoms with E-state index in [-0.39, 0.29) is 0 Å². The molecule has 15 heavy (non-hydrogen) atoms. The van der Waals surface area contributed by atoms with Gasteiger partial charge in [0.25, 0.3) is 0 Å². The van der Waals surface area contributed by atoms with Crippen LogP contribution in [0.5, 0.6) is 0 Å². The molecule has 0 amide bonds. The fraction of sp³-hybridized carbons (Fsp3) is 0.182. The summed E-state index contributed by atoms with van der Waals surface area (Å²) in [7, 11) is 0. The maximum Gasteiger partial charge on any atom is 0.107 e. The van der Waals surface area contributed by atoms with Crippen LogP contribution in [0.2, 0.25) is 0 Å². The molecule has 2 nitrogen and oxygen atoms in total. The maximum atomic E-state index is 4.20. The zero-order valence-electron chi connectivity index (χ0n) is 7.95. The molecule has 0 aliphatic heterocycles. The zero-order chi connectivity index (χ0) is 10.7. The Labute approximate surface area is 105 Å². The highest BCUT2D eigenvalue weighted by molar-refractivity contribution is 9.10. The van der Waals surface area contributed by atoms with E-state index in [4.69, 9.17) is 0 Å². The standard InChI is InChI=1S/C11H10Br2N2/c12-9-3-1-8(2-4-9)10(13)7-11-14-5-6-15-11/h1-6,10H,7H2,(H,14,15). The van der Waals surface area contributed by atoms with Gasteiger partial charge in [-0.1, -0.05) is 44.0 Å². The Morgan fingerprint density at radius 1 is 1.27 bits per heavy atom. The van der Waals surface area contributed by atoms with Crippen LogP contribution < -0.4 is 0 Å². The lowest BCUT2D eigenvalue weighted by molar-refractivity contribution is 0.876. The summed E-state index contributed by atoms with van der Waals surface area (Å²) in [6, 6.07) is 8.30. The lowest BCUT2D eigenvalue weighted by atomic mass is 10.1. The monoisotopic (exact) mass is 328 g/mol. The van der Waals surface area contributed by atoms with E-state index in [0.717, 1.165) is 16.7 Å². The van der Waals surface area contributed by atoms with Crippen LogP contribution in [-0.2, 0) is 6.42 Å². The van der Waals surface area contributed by atoms with Crippen molar-refractivity contribution in [3.8, 4) is 0 Å². The van der Waals surface area contributed by atoms with Crippen molar-refractivity contribution in [1.29, 1.82) is 0 Å². The Morgan fingerprint density at radius 3 is 2.60 bits per heavy atom. The number of nitrogens with one attached hydrogen (secondary N) is 1. The summed E-state index contributed by atoms with van der Waals surface area (Å²) in [5.41, 5.74) is 1.26. The van der Waals surface area contributed by atoms with Gasteiger partial charge in [-0.15, -0.1) is 0 Å². The van der Waals surface area contributed by atoms with Gasteiger partial charge in [0.1, 0.15) is 5.82 Å². The Bertz CT molecular complexity index is 409. The van der Waals surface area contributed by atoms with E-state index in [1.807, 2.05) is 18.3 Å². The van der Waals surface area contributed by atoms with Crippen molar-refractivity contribution >= 4 is 31.9 Å². The van der Waals surface area contributed by atoms with Crippen LogP contribution in [0.4, 0.5) is 0 Å². The first kappa shape index (κ1) is 10.9. The van der Waals surface area contributed by atoms with Gasteiger partial charge in [0.2, 0.25) is 0 Å². The number of nitrogens with zero attached hydrogens (tertiary/aromatic N) is 1. The normalized spacial score (nSPS) is 12.7. The molecule has 4 heteroatoms. The topological polar surface area (TPSA) is 28.7 Å². The van der Waals surface area contributed by atoms with Gasteiger partial charge in [-0.25, -0.2) is 4.98 Å². The number of aromatic nitrogens is 2. The Morgan fingerprint density at radius 2 is 2.00 bits per heavy atom. The number of hydrogen-bond acceptors (Lipinski definition) is 1. The van der Waals surface area contributed by atoms with Crippen LogP contribution in [0.3, 0.4) is 0 Å². The molecule has 0 spiro atoms. The SMILES string of the molecule is Brc1ccc(C(Br)Cc2ncc[nH]2)cc1. The number of benzene rings is 1. The van der Waals surface area contributed by atoms with Gasteiger partial charge in [0, 0.05) is 28.1 Å². The van der Waals surface area contributed by atoms with E-state index in [1.54, 1.807) is 6.20 Å². The third-order valence-electron chi connectivity index (χ3n) is 2.16. The van der Waals surface area contributed by atoms with Crippen molar-refractivity contribution in [2.24, 2.45) is 0 Å². The van der Waals surface area contributed by atoms with E-state index in [1.165, 1.54) is 5.56 Å². The molecule has 1 heterocycles. The van der Waals surface area contributed by atoms with Gasteiger partial charge in [0.15, 0.2) is 0 Å². The van der Waals surface area contributed by atoms with Gasteiger partial charge in [0.05, 0.1) is 0 Å². The molecule has 1 unspecified atom stereocenters. The number of halogens is 2. The summed E-state index contributed by atoms with van der Waals surface area (Å²) >= 11 is 7.08. The molecule has 0 radical (unpaired) electrons. The minimum absolute atomic E-state index is 0.303. The van der Waals surface area contributed by atoms with Crippen molar-refractivity contribution in [3.05, 3.63) is 52.5 Å². The molecule has 2 rings (SSSR count). The number of rotatable bonds is 3. The van der Waals surface area contributed by atoms with E-state index in [9.17, 15) is 0 Å². The molecular weight excluding hydrogens is 320 g/mol. The average Bonchev–Trinajstić information content (AvgIpc) is 2.71. The summed E-state index contributed by atoms with van der Waals surface area (Å²) in [6.45, 7) is 0. The van der Waals surface area contributed by atoms with Gasteiger partial charge >= 0.3 is 0 Å². The van der Waals surface area contributed by atoms with Gasteiger partial charge in [-0.2, -0.15) is 0 Å². The maximum absolute atomic E-state index is 4.20. The fourth-order valence-corrected chi connectivity index (χ4v) is 2.25. The average molecular weight is 330 g/mol. The van der Waals surface area contributed by atoms with Crippen molar-refractivity contribution in [1.82, 2.24) is 9.97 Å². The highest BCUT2D eigenvalue weighted by Crippen LogP contribution is 2.26. The number of alkyl halides is 1. The van der Waals surface area contributed by atoms with Crippen LogP contribution >= 0.6 is 31.9 Å². The molecule has 1 atom stereocenters. The van der Waals surface area contributed by atoms with E-state index >= 15 is 0 Å². The molecular formula is C11H10Br2N2. The highest BCUT2D eigenvalue weighted by Gasteiger charge is 2.09. The van der Waals surface area contributed by atoms with Gasteiger partial charge < -0.3 is 4.98 Å². The second kappa shape index (κ2) is 4.94. The number of hydrogen-bond donors (Lipinski definition) is 1. The largest absolute Gasteiger partial charge is 0.349 e. The van der Waals surface area contributed by atoms with E-state index in [2.05, 4.69) is 54.0 Å². The third-order valence-corrected chi connectivity index (χ3v) is 3.54. The van der Waals surface area contributed by atoms with E-state index < -0.39 is 0 Å². The van der Waals surface area contributed by atoms with Crippen LogP contribution in [0, 0.1) is 0 Å². The predicted molar refractivity (Wildman–Crippen MR) is 68.1 cm³/mol. The molecule has 0 saturated heterocycles. The summed E-state index contributed by atoms with van der Waals surface area (Å²) in [5.74, 6) is 1.000. The Balaban J connectivity index is 2.08. The zero-order valence-corrected chi connectivity index (χ0v) is 11.1. The minimum atomic E-state index is 0.303. The molecule has 0 aliphatic rings. The second-order valence-electron chi connectivity index (χ2n) is 3.26. The lowest BCUT2D eigenvalue weighted by Gasteiger charge is -2.08. The van der Waals surface area contributed by atoms with Crippen LogP contribution in [-0.4, -0.2) is 9.97 Å². The second-order valence-corrected chi connectivity index (χ2v) is 5.28. The third kappa shape index (κ3) is 2.92. The Kier molecular flexibility index (Phi) is 3.59. The first-order valence-corrected chi connectivity index (χ1v) is 6.34. The lowest BCUT2D eigenvalue weighted by Crippen LogP contribution is -1.96. The highest BCUT2D eigenvalue weighted by atomic mass is 79.9.